The number of rotatable bonds is 3. The van der Waals surface area contributed by atoms with Crippen molar-refractivity contribution in [2.45, 2.75) is 31.9 Å². The van der Waals surface area contributed by atoms with Gasteiger partial charge < -0.3 is 10.5 Å². The Bertz CT molecular complexity index is 595. The molecule has 104 valence electrons. The highest BCUT2D eigenvalue weighted by atomic mass is 16.5. The Morgan fingerprint density at radius 1 is 1.30 bits per heavy atom. The number of methoxy groups -OCH3 is 1. The molecule has 0 radical (unpaired) electrons. The Kier molecular flexibility index (Phi) is 3.76. The van der Waals surface area contributed by atoms with Crippen molar-refractivity contribution in [1.82, 2.24) is 9.97 Å². The first-order valence-electron chi connectivity index (χ1n) is 6.97. The fraction of sp³-hybridized carbons (Fsp3) is 0.375. The van der Waals surface area contributed by atoms with E-state index in [0.717, 1.165) is 47.5 Å². The van der Waals surface area contributed by atoms with Gasteiger partial charge in [-0.1, -0.05) is 24.3 Å². The monoisotopic (exact) mass is 269 g/mol. The molecule has 1 aliphatic carbocycles. The van der Waals surface area contributed by atoms with Crippen molar-refractivity contribution >= 4 is 0 Å². The Morgan fingerprint density at radius 2 is 2.10 bits per heavy atom. The molecule has 0 saturated heterocycles. The Hall–Kier alpha value is -1.78. The Labute approximate surface area is 119 Å². The molecule has 1 atom stereocenters. The minimum Gasteiger partial charge on any atom is -0.380 e. The number of aryl methyl sites for hydroxylation is 1. The second kappa shape index (κ2) is 5.69. The average molecular weight is 269 g/mol. The number of nitrogens with two attached hydrogens (primary N) is 1. The van der Waals surface area contributed by atoms with E-state index >= 15 is 0 Å². The lowest BCUT2D eigenvalue weighted by Crippen LogP contribution is -2.19. The molecule has 4 heteroatoms. The molecule has 0 spiro atoms. The lowest BCUT2D eigenvalue weighted by atomic mass is 9.93. The van der Waals surface area contributed by atoms with Crippen LogP contribution in [0.15, 0.2) is 30.5 Å². The number of nitrogens with zero attached hydrogens (tertiary/aromatic N) is 2. The Morgan fingerprint density at radius 3 is 2.85 bits per heavy atom. The highest BCUT2D eigenvalue weighted by molar-refractivity contribution is 5.55. The topological polar surface area (TPSA) is 61.0 Å². The van der Waals surface area contributed by atoms with Gasteiger partial charge in [-0.05, 0) is 24.8 Å². The number of benzene rings is 1. The summed E-state index contributed by atoms with van der Waals surface area (Å²) in [6.07, 6.45) is 5.03. The van der Waals surface area contributed by atoms with E-state index in [4.69, 9.17) is 10.5 Å². The minimum atomic E-state index is 0.0943. The summed E-state index contributed by atoms with van der Waals surface area (Å²) >= 11 is 0. The zero-order valence-corrected chi connectivity index (χ0v) is 11.7. The van der Waals surface area contributed by atoms with Crippen molar-refractivity contribution < 1.29 is 4.74 Å². The Balaban J connectivity index is 1.90. The predicted octanol–water partition coefficient (Wildman–Crippen LogP) is 2.63. The molecule has 2 N–H and O–H groups in total. The molecule has 1 heterocycles. The summed E-state index contributed by atoms with van der Waals surface area (Å²) in [6.45, 7) is 0.625. The van der Waals surface area contributed by atoms with E-state index in [-0.39, 0.29) is 6.04 Å². The van der Waals surface area contributed by atoms with Gasteiger partial charge in [-0.2, -0.15) is 0 Å². The first-order valence-corrected chi connectivity index (χ1v) is 6.97. The maximum atomic E-state index is 6.09. The van der Waals surface area contributed by atoms with Gasteiger partial charge in [-0.15, -0.1) is 0 Å². The van der Waals surface area contributed by atoms with Crippen molar-refractivity contribution in [3.05, 3.63) is 47.3 Å². The first kappa shape index (κ1) is 13.2. The van der Waals surface area contributed by atoms with Gasteiger partial charge in [0, 0.05) is 36.2 Å². The summed E-state index contributed by atoms with van der Waals surface area (Å²) in [7, 11) is 1.70. The number of aromatic nitrogens is 2. The molecule has 20 heavy (non-hydrogen) atoms. The van der Waals surface area contributed by atoms with Crippen LogP contribution in [0.3, 0.4) is 0 Å². The number of ether oxygens (including phenoxy) is 1. The van der Waals surface area contributed by atoms with Crippen LogP contribution in [0.2, 0.25) is 0 Å². The van der Waals surface area contributed by atoms with Gasteiger partial charge in [0.2, 0.25) is 0 Å². The van der Waals surface area contributed by atoms with Crippen LogP contribution in [0.1, 0.15) is 35.7 Å². The minimum absolute atomic E-state index is 0.0943. The fourth-order valence-electron chi connectivity index (χ4n) is 2.64. The third-order valence-corrected chi connectivity index (χ3v) is 3.75. The standard InChI is InChI=1S/C16H19N3O/c1-20-10-11-5-7-12(8-6-11)16-18-9-13-14(17)3-2-4-15(13)19-16/h5-9,14H,2-4,10,17H2,1H3. The van der Waals surface area contributed by atoms with E-state index in [1.807, 2.05) is 30.5 Å². The molecule has 3 rings (SSSR count). The second-order valence-electron chi connectivity index (χ2n) is 5.22. The maximum Gasteiger partial charge on any atom is 0.159 e. The lowest BCUT2D eigenvalue weighted by Gasteiger charge is -2.21. The highest BCUT2D eigenvalue weighted by Crippen LogP contribution is 2.27. The second-order valence-corrected chi connectivity index (χ2v) is 5.22. The van der Waals surface area contributed by atoms with Crippen LogP contribution in [0, 0.1) is 0 Å². The normalized spacial score (nSPS) is 17.8. The molecule has 1 aromatic carbocycles. The first-order chi connectivity index (χ1) is 9.78. The summed E-state index contributed by atoms with van der Waals surface area (Å²) in [5.41, 5.74) is 10.5. The third-order valence-electron chi connectivity index (χ3n) is 3.75. The van der Waals surface area contributed by atoms with Gasteiger partial charge in [-0.25, -0.2) is 9.97 Å². The summed E-state index contributed by atoms with van der Waals surface area (Å²) < 4.78 is 5.11. The smallest absolute Gasteiger partial charge is 0.159 e. The van der Waals surface area contributed by atoms with E-state index in [9.17, 15) is 0 Å². The van der Waals surface area contributed by atoms with Gasteiger partial charge >= 0.3 is 0 Å². The van der Waals surface area contributed by atoms with E-state index in [1.165, 1.54) is 0 Å². The molecular formula is C16H19N3O. The van der Waals surface area contributed by atoms with Gasteiger partial charge in [-0.3, -0.25) is 0 Å². The van der Waals surface area contributed by atoms with Crippen LogP contribution in [0.25, 0.3) is 11.4 Å². The van der Waals surface area contributed by atoms with Crippen molar-refractivity contribution in [3.8, 4) is 11.4 Å². The van der Waals surface area contributed by atoms with Gasteiger partial charge in [0.15, 0.2) is 5.82 Å². The van der Waals surface area contributed by atoms with Crippen molar-refractivity contribution in [1.29, 1.82) is 0 Å². The fourth-order valence-corrected chi connectivity index (χ4v) is 2.64. The van der Waals surface area contributed by atoms with Crippen molar-refractivity contribution in [2.24, 2.45) is 5.73 Å². The predicted molar refractivity (Wildman–Crippen MR) is 78.0 cm³/mol. The molecular weight excluding hydrogens is 250 g/mol. The van der Waals surface area contributed by atoms with Crippen LogP contribution >= 0.6 is 0 Å². The van der Waals surface area contributed by atoms with Gasteiger partial charge in [0.1, 0.15) is 0 Å². The van der Waals surface area contributed by atoms with Gasteiger partial charge in [0.05, 0.1) is 6.61 Å². The molecule has 0 fully saturated rings. The van der Waals surface area contributed by atoms with Crippen LogP contribution < -0.4 is 5.73 Å². The van der Waals surface area contributed by atoms with E-state index in [2.05, 4.69) is 9.97 Å². The largest absolute Gasteiger partial charge is 0.380 e. The van der Waals surface area contributed by atoms with Crippen LogP contribution in [0.5, 0.6) is 0 Å². The summed E-state index contributed by atoms with van der Waals surface area (Å²) in [5.74, 6) is 0.779. The number of hydrogen-bond donors (Lipinski definition) is 1. The summed E-state index contributed by atoms with van der Waals surface area (Å²) in [5, 5.41) is 0. The highest BCUT2D eigenvalue weighted by Gasteiger charge is 2.19. The SMILES string of the molecule is COCc1ccc(-c2ncc3c(n2)CCCC3N)cc1. The summed E-state index contributed by atoms with van der Waals surface area (Å²) in [6, 6.07) is 8.27. The van der Waals surface area contributed by atoms with Gasteiger partial charge in [0.25, 0.3) is 0 Å². The molecule has 1 unspecified atom stereocenters. The molecule has 0 saturated carbocycles. The summed E-state index contributed by atoms with van der Waals surface area (Å²) in [4.78, 5) is 9.15. The van der Waals surface area contributed by atoms with Crippen LogP contribution in [-0.4, -0.2) is 17.1 Å². The number of hydrogen-bond acceptors (Lipinski definition) is 4. The van der Waals surface area contributed by atoms with Crippen molar-refractivity contribution in [2.75, 3.05) is 7.11 Å². The molecule has 1 aliphatic rings. The zero-order valence-electron chi connectivity index (χ0n) is 11.7. The zero-order chi connectivity index (χ0) is 13.9. The quantitative estimate of drug-likeness (QED) is 0.930. The number of fused-ring (bicyclic) bond motifs is 1. The maximum absolute atomic E-state index is 6.09. The van der Waals surface area contributed by atoms with Crippen LogP contribution in [0.4, 0.5) is 0 Å². The third kappa shape index (κ3) is 2.57. The molecule has 4 nitrogen and oxygen atoms in total. The van der Waals surface area contributed by atoms with Crippen molar-refractivity contribution in [3.63, 3.8) is 0 Å². The molecule has 1 aromatic heterocycles. The average Bonchev–Trinajstić information content (AvgIpc) is 2.48. The molecule has 0 aliphatic heterocycles. The van der Waals surface area contributed by atoms with Crippen LogP contribution in [-0.2, 0) is 17.8 Å². The van der Waals surface area contributed by atoms with E-state index in [0.29, 0.717) is 6.61 Å². The lowest BCUT2D eigenvalue weighted by molar-refractivity contribution is 0.185. The van der Waals surface area contributed by atoms with E-state index in [1.54, 1.807) is 7.11 Å². The molecule has 2 aromatic rings. The van der Waals surface area contributed by atoms with E-state index < -0.39 is 0 Å². The molecule has 0 amide bonds. The molecule has 0 bridgehead atoms.